The number of ether oxygens (including phenoxy) is 6. The number of nitrogens with one attached hydrogen (secondary N) is 1. The summed E-state index contributed by atoms with van der Waals surface area (Å²) >= 11 is 0. The lowest BCUT2D eigenvalue weighted by molar-refractivity contribution is -0.131. The highest BCUT2D eigenvalue weighted by molar-refractivity contribution is 5.85. The maximum Gasteiger partial charge on any atom is 0.332 e. The molecule has 1 aromatic carbocycles. The quantitative estimate of drug-likeness (QED) is 0.0377. The molecule has 5 rings (SSSR count). The van der Waals surface area contributed by atoms with Gasteiger partial charge in [-0.25, -0.2) is 14.6 Å². The summed E-state index contributed by atoms with van der Waals surface area (Å²) in [5.74, 6) is 0.305. The van der Waals surface area contributed by atoms with Crippen molar-refractivity contribution in [3.8, 4) is 11.4 Å². The van der Waals surface area contributed by atoms with Crippen LogP contribution in [-0.2, 0) is 46.3 Å². The molecule has 2 heterocycles. The van der Waals surface area contributed by atoms with Crippen molar-refractivity contribution in [1.29, 1.82) is 0 Å². The van der Waals surface area contributed by atoms with Gasteiger partial charge in [0.15, 0.2) is 5.65 Å². The summed E-state index contributed by atoms with van der Waals surface area (Å²) in [6.45, 7) is 10.2. The van der Waals surface area contributed by atoms with Gasteiger partial charge in [0.25, 0.3) is 5.56 Å². The topological polar surface area (TPSA) is 186 Å². The number of rotatable bonds is 35. The molecule has 2 aromatic heterocycles. The van der Waals surface area contributed by atoms with Crippen LogP contribution in [0, 0.1) is 11.8 Å². The fourth-order valence-electron chi connectivity index (χ4n) is 8.76. The fraction of sp³-hybridized carbons (Fsp3) is 0.731. The van der Waals surface area contributed by atoms with Gasteiger partial charge in [0.2, 0.25) is 0 Å². The van der Waals surface area contributed by atoms with E-state index in [-0.39, 0.29) is 17.9 Å². The van der Waals surface area contributed by atoms with Crippen molar-refractivity contribution in [2.75, 3.05) is 85.9 Å². The van der Waals surface area contributed by atoms with Crippen molar-refractivity contribution >= 4 is 23.2 Å². The number of unbranched alkanes of at least 4 members (excludes halogenated alkanes) is 9. The first kappa shape index (κ1) is 55.9. The Balaban J connectivity index is 0.000000297. The third-order valence-electron chi connectivity index (χ3n) is 12.5. The predicted octanol–water partition coefficient (Wildman–Crippen LogP) is 8.81. The van der Waals surface area contributed by atoms with Crippen molar-refractivity contribution in [2.24, 2.45) is 11.8 Å². The number of carboxylic acid groups (broad SMARTS) is 1. The molecule has 15 heteroatoms. The maximum atomic E-state index is 13.7. The molecule has 378 valence electrons. The third kappa shape index (κ3) is 23.0. The van der Waals surface area contributed by atoms with E-state index in [1.54, 1.807) is 16.7 Å². The van der Waals surface area contributed by atoms with Crippen LogP contribution in [0.25, 0.3) is 28.6 Å². The molecule has 0 bridgehead atoms. The molecule has 3 N–H and O–H groups in total. The van der Waals surface area contributed by atoms with Crippen molar-refractivity contribution in [3.63, 3.8) is 0 Å². The standard InChI is InChI=1S/C28H34N4O4.C24H50O7/c33-23(34)16-13-19-11-14-22(15-12-19)25-29-24-26(30-25)31(17-20-7-3-1-4-8-20)28(36)32(27(24)35)18-21-9-5-2-6-10-21;1-2-3-4-5-6-7-8-9-10-11-13-26-15-17-28-19-21-30-23-24-31-22-20-29-18-16-27-14-12-25/h11-16,20-21H,1-10,17-18H2,(H,29,30)(H,33,34);25H,2-24H2,1H3/b16-13+;. The van der Waals surface area contributed by atoms with E-state index < -0.39 is 5.97 Å². The monoisotopic (exact) mass is 941 g/mol. The molecule has 15 nitrogen and oxygen atoms in total. The second-order valence-electron chi connectivity index (χ2n) is 18.0. The number of aromatic nitrogens is 4. The van der Waals surface area contributed by atoms with Crippen LogP contribution < -0.4 is 11.2 Å². The lowest BCUT2D eigenvalue weighted by Crippen LogP contribution is -2.42. The van der Waals surface area contributed by atoms with Crippen molar-refractivity contribution in [1.82, 2.24) is 19.1 Å². The number of benzene rings is 1. The van der Waals surface area contributed by atoms with Gasteiger partial charge >= 0.3 is 11.7 Å². The van der Waals surface area contributed by atoms with E-state index in [9.17, 15) is 14.4 Å². The molecule has 67 heavy (non-hydrogen) atoms. The van der Waals surface area contributed by atoms with E-state index in [0.29, 0.717) is 115 Å². The second kappa shape index (κ2) is 35.4. The van der Waals surface area contributed by atoms with E-state index in [0.717, 1.165) is 68.8 Å². The average molecular weight is 941 g/mol. The molecule has 2 aliphatic carbocycles. The Morgan fingerprint density at radius 2 is 1.07 bits per heavy atom. The van der Waals surface area contributed by atoms with Crippen molar-refractivity contribution < 1.29 is 43.4 Å². The molecule has 0 aliphatic heterocycles. The van der Waals surface area contributed by atoms with Crippen LogP contribution in [0.1, 0.15) is 141 Å². The smallest absolute Gasteiger partial charge is 0.332 e. The second-order valence-corrected chi connectivity index (χ2v) is 18.0. The van der Waals surface area contributed by atoms with Crippen LogP contribution in [0.15, 0.2) is 39.9 Å². The van der Waals surface area contributed by atoms with E-state index in [1.165, 1.54) is 94.1 Å². The minimum absolute atomic E-state index is 0.0430. The van der Waals surface area contributed by atoms with Gasteiger partial charge in [-0.05, 0) is 55.6 Å². The SMILES string of the molecule is CCCCCCCCCCCCOCCOCCOCCOCCOCCOCCO.O=C(O)/C=C/c1ccc(-c2nc3c([nH]2)c(=O)n(CC2CCCCC2)c(=O)n3CC2CCCCC2)cc1. The average Bonchev–Trinajstić information content (AvgIpc) is 3.80. The third-order valence-corrected chi connectivity index (χ3v) is 12.5. The van der Waals surface area contributed by atoms with Crippen LogP contribution in [0.2, 0.25) is 0 Å². The lowest BCUT2D eigenvalue weighted by Gasteiger charge is -2.24. The highest BCUT2D eigenvalue weighted by Crippen LogP contribution is 2.27. The fourth-order valence-corrected chi connectivity index (χ4v) is 8.76. The zero-order valence-electron chi connectivity index (χ0n) is 40.8. The number of H-pyrrole nitrogens is 1. The normalized spacial score (nSPS) is 14.8. The highest BCUT2D eigenvalue weighted by atomic mass is 16.6. The van der Waals surface area contributed by atoms with Gasteiger partial charge in [-0.1, -0.05) is 128 Å². The Morgan fingerprint density at radius 1 is 0.627 bits per heavy atom. The van der Waals surface area contributed by atoms with Crippen LogP contribution in [0.5, 0.6) is 0 Å². The number of hydrogen-bond donors (Lipinski definition) is 3. The summed E-state index contributed by atoms with van der Waals surface area (Å²) < 4.78 is 35.5. The molecule has 0 spiro atoms. The summed E-state index contributed by atoms with van der Waals surface area (Å²) in [6, 6.07) is 7.28. The Labute approximate surface area is 398 Å². The molecular weight excluding hydrogens is 857 g/mol. The lowest BCUT2D eigenvalue weighted by atomic mass is 9.89. The van der Waals surface area contributed by atoms with Gasteiger partial charge in [-0.3, -0.25) is 13.9 Å². The number of carbonyl (C=O) groups is 1. The molecule has 0 amide bonds. The number of hydrogen-bond acceptors (Lipinski definition) is 11. The number of imidazole rings is 1. The van der Waals surface area contributed by atoms with E-state index in [2.05, 4.69) is 11.9 Å². The summed E-state index contributed by atoms with van der Waals surface area (Å²) in [6.07, 6.45) is 27.5. The highest BCUT2D eigenvalue weighted by Gasteiger charge is 2.24. The summed E-state index contributed by atoms with van der Waals surface area (Å²) in [7, 11) is 0. The molecule has 3 aromatic rings. The number of aliphatic carboxylic acids is 1. The molecule has 2 saturated carbocycles. The number of aromatic amines is 1. The zero-order valence-corrected chi connectivity index (χ0v) is 40.8. The van der Waals surface area contributed by atoms with E-state index in [1.807, 2.05) is 12.1 Å². The number of fused-ring (bicyclic) bond motifs is 1. The van der Waals surface area contributed by atoms with E-state index in [4.69, 9.17) is 43.6 Å². The van der Waals surface area contributed by atoms with Crippen molar-refractivity contribution in [2.45, 2.75) is 148 Å². The molecule has 2 fully saturated rings. The first-order valence-electron chi connectivity index (χ1n) is 25.7. The van der Waals surface area contributed by atoms with Crippen LogP contribution in [-0.4, -0.2) is 121 Å². The summed E-state index contributed by atoms with van der Waals surface area (Å²) in [5, 5.41) is 17.4. The van der Waals surface area contributed by atoms with Gasteiger partial charge in [0, 0.05) is 31.3 Å². The number of aliphatic hydroxyl groups is 1. The molecule has 0 saturated heterocycles. The number of nitrogens with zero attached hydrogens (tertiary/aromatic N) is 3. The zero-order chi connectivity index (χ0) is 47.6. The minimum atomic E-state index is -1.00. The maximum absolute atomic E-state index is 13.7. The first-order valence-corrected chi connectivity index (χ1v) is 25.7. The molecule has 0 radical (unpaired) electrons. The number of aliphatic hydroxyl groups excluding tert-OH is 1. The molecule has 0 unspecified atom stereocenters. The molecule has 2 aliphatic rings. The Bertz CT molecular complexity index is 1850. The van der Waals surface area contributed by atoms with E-state index >= 15 is 0 Å². The van der Waals surface area contributed by atoms with Crippen molar-refractivity contribution in [3.05, 3.63) is 56.7 Å². The molecular formula is C52H84N4O11. The number of carboxylic acids is 1. The van der Waals surface area contributed by atoms with Gasteiger partial charge in [-0.15, -0.1) is 0 Å². The van der Waals surface area contributed by atoms with Gasteiger partial charge in [0.05, 0.1) is 79.3 Å². The van der Waals surface area contributed by atoms with Crippen LogP contribution in [0.4, 0.5) is 0 Å². The van der Waals surface area contributed by atoms with Crippen LogP contribution >= 0.6 is 0 Å². The Hall–Kier alpha value is -3.70. The van der Waals surface area contributed by atoms with Gasteiger partial charge in [0.1, 0.15) is 11.3 Å². The predicted molar refractivity (Wildman–Crippen MR) is 264 cm³/mol. The Kier molecular flexibility index (Phi) is 29.5. The minimum Gasteiger partial charge on any atom is -0.478 e. The van der Waals surface area contributed by atoms with Gasteiger partial charge in [-0.2, -0.15) is 0 Å². The Morgan fingerprint density at radius 3 is 1.55 bits per heavy atom. The molecule has 0 atom stereocenters. The summed E-state index contributed by atoms with van der Waals surface area (Å²) in [4.78, 5) is 46.0. The summed E-state index contributed by atoms with van der Waals surface area (Å²) in [5.41, 5.74) is 1.80. The largest absolute Gasteiger partial charge is 0.478 e. The van der Waals surface area contributed by atoms with Gasteiger partial charge < -0.3 is 43.6 Å². The first-order chi connectivity index (χ1) is 32.9. The van der Waals surface area contributed by atoms with Crippen LogP contribution in [0.3, 0.4) is 0 Å².